The van der Waals surface area contributed by atoms with Gasteiger partial charge in [0.05, 0.1) is 0 Å². The third-order valence-corrected chi connectivity index (χ3v) is 10.4. The Labute approximate surface area is 161 Å². The molecular weight excluding hydrogens is 316 g/mol. The summed E-state index contributed by atoms with van der Waals surface area (Å²) in [5, 5.41) is 0. The molecule has 0 amide bonds. The second-order valence-electron chi connectivity index (χ2n) is 11.2. The summed E-state index contributed by atoms with van der Waals surface area (Å²) in [6.07, 6.45) is 14.4. The molecule has 2 heteroatoms. The smallest absolute Gasteiger partial charge is 0.0127 e. The van der Waals surface area contributed by atoms with Crippen molar-refractivity contribution in [3.63, 3.8) is 0 Å². The van der Waals surface area contributed by atoms with Crippen molar-refractivity contribution in [1.82, 2.24) is 9.80 Å². The Balaban J connectivity index is 1.45. The molecule has 0 radical (unpaired) electrons. The van der Waals surface area contributed by atoms with Gasteiger partial charge in [-0.15, -0.1) is 0 Å². The van der Waals surface area contributed by atoms with E-state index in [-0.39, 0.29) is 0 Å². The molecule has 5 aliphatic rings. The van der Waals surface area contributed by atoms with Crippen LogP contribution in [0.3, 0.4) is 0 Å². The maximum absolute atomic E-state index is 2.74. The maximum atomic E-state index is 2.74. The van der Waals surface area contributed by atoms with Crippen molar-refractivity contribution in [2.24, 2.45) is 34.5 Å². The van der Waals surface area contributed by atoms with Crippen LogP contribution in [-0.4, -0.2) is 49.6 Å². The van der Waals surface area contributed by atoms with E-state index in [0.29, 0.717) is 10.8 Å². The summed E-state index contributed by atoms with van der Waals surface area (Å²) >= 11 is 0. The zero-order valence-corrected chi connectivity index (χ0v) is 17.8. The Hall–Kier alpha value is -0.340. The number of nitrogens with zero attached hydrogens (tertiary/aromatic N) is 2. The Morgan fingerprint density at radius 2 is 1.81 bits per heavy atom. The van der Waals surface area contributed by atoms with Gasteiger partial charge in [-0.3, -0.25) is 0 Å². The quantitative estimate of drug-likeness (QED) is 0.622. The lowest BCUT2D eigenvalue weighted by molar-refractivity contribution is -0.0430. The van der Waals surface area contributed by atoms with Gasteiger partial charge in [0.15, 0.2) is 0 Å². The van der Waals surface area contributed by atoms with Crippen LogP contribution < -0.4 is 0 Å². The first kappa shape index (κ1) is 17.7. The van der Waals surface area contributed by atoms with E-state index in [0.717, 1.165) is 35.8 Å². The lowest BCUT2D eigenvalue weighted by atomic mass is 9.47. The molecule has 1 heterocycles. The summed E-state index contributed by atoms with van der Waals surface area (Å²) in [5.74, 6) is 3.96. The van der Waals surface area contributed by atoms with Crippen molar-refractivity contribution in [3.8, 4) is 0 Å². The number of rotatable bonds is 1. The first-order valence-electron chi connectivity index (χ1n) is 11.4. The van der Waals surface area contributed by atoms with Crippen LogP contribution in [0.5, 0.6) is 0 Å². The van der Waals surface area contributed by atoms with Crippen molar-refractivity contribution in [2.75, 3.05) is 27.7 Å². The van der Waals surface area contributed by atoms with Gasteiger partial charge in [0, 0.05) is 18.6 Å². The molecule has 0 aromatic heterocycles. The molecule has 1 spiro atoms. The van der Waals surface area contributed by atoms with E-state index in [1.54, 1.807) is 0 Å². The topological polar surface area (TPSA) is 6.48 Å². The Kier molecular flexibility index (Phi) is 3.98. The lowest BCUT2D eigenvalue weighted by Crippen LogP contribution is -2.52. The van der Waals surface area contributed by atoms with E-state index in [1.807, 2.05) is 5.57 Å². The van der Waals surface area contributed by atoms with E-state index in [2.05, 4.69) is 50.9 Å². The summed E-state index contributed by atoms with van der Waals surface area (Å²) in [7, 11) is 6.95. The van der Waals surface area contributed by atoms with Gasteiger partial charge in [0.1, 0.15) is 0 Å². The van der Waals surface area contributed by atoms with Gasteiger partial charge in [0.25, 0.3) is 0 Å². The fourth-order valence-corrected chi connectivity index (χ4v) is 8.88. The SMILES string of the molecule is CC1[C@H]2CC[C@H]3C4CC=C5CC(N(C)C)CCC5(C)[C@H]4CC[C@]23CN1C. The molecule has 1 saturated heterocycles. The number of fused-ring (bicyclic) bond motifs is 4. The zero-order chi connectivity index (χ0) is 18.3. The molecular formula is C24H40N2. The molecule has 4 fully saturated rings. The standard InChI is InChI=1S/C24H40N2/c1-16-20-8-9-22-19-7-6-17-14-18(25(3)4)10-12-23(17,2)21(19)11-13-24(20,22)15-26(16)5/h6,16,18-22H,7-15H2,1-5H3/t16?,18?,19?,20-,21+,22+,23?,24+/m1/s1. The van der Waals surface area contributed by atoms with Crippen molar-refractivity contribution < 1.29 is 0 Å². The third-order valence-electron chi connectivity index (χ3n) is 10.4. The predicted molar refractivity (Wildman–Crippen MR) is 109 cm³/mol. The molecule has 0 N–H and O–H groups in total. The molecule has 0 aromatic rings. The molecule has 2 nitrogen and oxygen atoms in total. The van der Waals surface area contributed by atoms with E-state index in [1.165, 1.54) is 57.9 Å². The summed E-state index contributed by atoms with van der Waals surface area (Å²) in [6, 6.07) is 1.60. The fourth-order valence-electron chi connectivity index (χ4n) is 8.88. The second-order valence-corrected chi connectivity index (χ2v) is 11.2. The lowest BCUT2D eigenvalue weighted by Gasteiger charge is -2.58. The number of hydrogen-bond acceptors (Lipinski definition) is 2. The Bertz CT molecular complexity index is 609. The van der Waals surface area contributed by atoms with Crippen molar-refractivity contribution in [3.05, 3.63) is 11.6 Å². The molecule has 1 aliphatic heterocycles. The van der Waals surface area contributed by atoms with Crippen LogP contribution in [-0.2, 0) is 0 Å². The van der Waals surface area contributed by atoms with Gasteiger partial charge in [-0.2, -0.15) is 0 Å². The van der Waals surface area contributed by atoms with Crippen LogP contribution in [0.1, 0.15) is 65.2 Å². The molecule has 3 saturated carbocycles. The normalized spacial score (nSPS) is 53.7. The molecule has 4 aliphatic carbocycles. The molecule has 5 rings (SSSR count). The molecule has 8 atom stereocenters. The summed E-state index contributed by atoms with van der Waals surface area (Å²) in [5.41, 5.74) is 3.04. The van der Waals surface area contributed by atoms with Crippen LogP contribution in [0.15, 0.2) is 11.6 Å². The van der Waals surface area contributed by atoms with E-state index < -0.39 is 0 Å². The first-order valence-corrected chi connectivity index (χ1v) is 11.4. The Morgan fingerprint density at radius 1 is 1.04 bits per heavy atom. The monoisotopic (exact) mass is 356 g/mol. The summed E-state index contributed by atoms with van der Waals surface area (Å²) in [6.45, 7) is 6.56. The van der Waals surface area contributed by atoms with E-state index >= 15 is 0 Å². The highest BCUT2D eigenvalue weighted by molar-refractivity contribution is 5.26. The number of likely N-dealkylation sites (tertiary alicyclic amines) is 1. The van der Waals surface area contributed by atoms with Gasteiger partial charge in [0.2, 0.25) is 0 Å². The van der Waals surface area contributed by atoms with Crippen molar-refractivity contribution in [1.29, 1.82) is 0 Å². The van der Waals surface area contributed by atoms with Crippen LogP contribution in [0, 0.1) is 34.5 Å². The van der Waals surface area contributed by atoms with Gasteiger partial charge < -0.3 is 9.80 Å². The predicted octanol–water partition coefficient (Wildman–Crippen LogP) is 4.81. The summed E-state index contributed by atoms with van der Waals surface area (Å²) < 4.78 is 0. The van der Waals surface area contributed by atoms with E-state index in [9.17, 15) is 0 Å². The fraction of sp³-hybridized carbons (Fsp3) is 0.917. The van der Waals surface area contributed by atoms with Crippen molar-refractivity contribution in [2.45, 2.75) is 77.3 Å². The maximum Gasteiger partial charge on any atom is 0.0127 e. The molecule has 0 aromatic carbocycles. The van der Waals surface area contributed by atoms with Gasteiger partial charge in [-0.1, -0.05) is 18.6 Å². The number of hydrogen-bond donors (Lipinski definition) is 0. The number of allylic oxidation sites excluding steroid dienone is 1. The molecule has 26 heavy (non-hydrogen) atoms. The highest BCUT2D eigenvalue weighted by Gasteiger charge is 2.63. The minimum Gasteiger partial charge on any atom is -0.306 e. The second kappa shape index (κ2) is 5.83. The largest absolute Gasteiger partial charge is 0.306 e. The Morgan fingerprint density at radius 3 is 2.58 bits per heavy atom. The van der Waals surface area contributed by atoms with Crippen LogP contribution in [0.2, 0.25) is 0 Å². The average Bonchev–Trinajstić information content (AvgIpc) is 3.08. The zero-order valence-electron chi connectivity index (χ0n) is 17.8. The van der Waals surface area contributed by atoms with E-state index in [4.69, 9.17) is 0 Å². The van der Waals surface area contributed by atoms with Crippen molar-refractivity contribution >= 4 is 0 Å². The molecule has 0 bridgehead atoms. The highest BCUT2D eigenvalue weighted by atomic mass is 15.2. The summed E-state index contributed by atoms with van der Waals surface area (Å²) in [4.78, 5) is 5.17. The van der Waals surface area contributed by atoms with Crippen LogP contribution >= 0.6 is 0 Å². The average molecular weight is 357 g/mol. The van der Waals surface area contributed by atoms with Gasteiger partial charge >= 0.3 is 0 Å². The van der Waals surface area contributed by atoms with Gasteiger partial charge in [-0.25, -0.2) is 0 Å². The van der Waals surface area contributed by atoms with Gasteiger partial charge in [-0.05, 0) is 114 Å². The van der Waals surface area contributed by atoms with Crippen LogP contribution in [0.4, 0.5) is 0 Å². The first-order chi connectivity index (χ1) is 12.4. The highest BCUT2D eigenvalue weighted by Crippen LogP contribution is 2.68. The minimum atomic E-state index is 0.519. The molecule has 146 valence electrons. The van der Waals surface area contributed by atoms with Crippen LogP contribution in [0.25, 0.3) is 0 Å². The minimum absolute atomic E-state index is 0.519. The third kappa shape index (κ3) is 2.18. The molecule has 4 unspecified atom stereocenters.